The Morgan fingerprint density at radius 1 is 1.00 bits per heavy atom. The Hall–Kier alpha value is -1.12. The van der Waals surface area contributed by atoms with E-state index in [9.17, 15) is 0 Å². The maximum Gasteiger partial charge on any atom is 0.223 e. The van der Waals surface area contributed by atoms with Crippen LogP contribution in [0.5, 0.6) is 0 Å². The first-order chi connectivity index (χ1) is 7.18. The number of benzene rings is 1. The smallest absolute Gasteiger partial charge is 0.223 e. The van der Waals surface area contributed by atoms with Gasteiger partial charge in [0.25, 0.3) is 0 Å². The van der Waals surface area contributed by atoms with Crippen molar-refractivity contribution in [2.75, 3.05) is 0 Å². The van der Waals surface area contributed by atoms with Crippen LogP contribution in [0.15, 0.2) is 42.6 Å². The second-order valence-electron chi connectivity index (χ2n) is 2.80. The summed E-state index contributed by atoms with van der Waals surface area (Å²) < 4.78 is 0. The molecule has 2 nitrogen and oxygen atoms in total. The Morgan fingerprint density at radius 3 is 2.00 bits per heavy atom. The summed E-state index contributed by atoms with van der Waals surface area (Å²) in [7, 11) is 0. The number of hydrogen-bond donors (Lipinski definition) is 0. The van der Waals surface area contributed by atoms with E-state index in [1.807, 2.05) is 18.2 Å². The average Bonchev–Trinajstić information content (AvgIpc) is 2.19. The molecule has 1 heterocycles. The molecule has 0 radical (unpaired) electrons. The number of nitrogens with zero attached hydrogens (tertiary/aromatic N) is 2. The Labute approximate surface area is 98.9 Å². The first-order valence-electron chi connectivity index (χ1n) is 4.34. The normalized spacial score (nSPS) is 9.00. The third-order valence-electron chi connectivity index (χ3n) is 1.53. The second kappa shape index (κ2) is 6.38. The van der Waals surface area contributed by atoms with Crippen LogP contribution >= 0.6 is 23.2 Å². The highest BCUT2D eigenvalue weighted by Crippen LogP contribution is 2.04. The average molecular weight is 241 g/mol. The fourth-order valence-electron chi connectivity index (χ4n) is 0.849. The van der Waals surface area contributed by atoms with Crippen LogP contribution in [0, 0.1) is 6.92 Å². The summed E-state index contributed by atoms with van der Waals surface area (Å²) in [5.41, 5.74) is 1.32. The van der Waals surface area contributed by atoms with Crippen LogP contribution in [0.3, 0.4) is 0 Å². The minimum Gasteiger partial charge on any atom is -0.226 e. The van der Waals surface area contributed by atoms with Crippen molar-refractivity contribution in [2.45, 2.75) is 6.92 Å². The molecule has 1 aromatic carbocycles. The predicted octanol–water partition coefficient (Wildman–Crippen LogP) is 3.78. The van der Waals surface area contributed by atoms with Gasteiger partial charge in [0.05, 0.1) is 0 Å². The summed E-state index contributed by atoms with van der Waals surface area (Å²) in [5.74, 6) is 0. The molecule has 0 bridgehead atoms. The van der Waals surface area contributed by atoms with Crippen LogP contribution in [0.1, 0.15) is 5.56 Å². The van der Waals surface area contributed by atoms with E-state index in [1.54, 1.807) is 6.07 Å². The lowest BCUT2D eigenvalue weighted by Gasteiger charge is -1.85. The summed E-state index contributed by atoms with van der Waals surface area (Å²) in [4.78, 5) is 7.20. The second-order valence-corrected chi connectivity index (χ2v) is 3.53. The molecule has 78 valence electrons. The van der Waals surface area contributed by atoms with Gasteiger partial charge in [0.1, 0.15) is 5.15 Å². The van der Waals surface area contributed by atoms with E-state index in [2.05, 4.69) is 29.0 Å². The molecule has 0 saturated heterocycles. The largest absolute Gasteiger partial charge is 0.226 e. The first kappa shape index (κ1) is 12.0. The van der Waals surface area contributed by atoms with Crippen molar-refractivity contribution in [1.29, 1.82) is 0 Å². The minimum absolute atomic E-state index is 0.178. The number of aromatic nitrogens is 2. The summed E-state index contributed by atoms with van der Waals surface area (Å²) in [6.45, 7) is 2.08. The number of halogens is 2. The molecule has 0 fully saturated rings. The number of rotatable bonds is 0. The van der Waals surface area contributed by atoms with Gasteiger partial charge in [0.15, 0.2) is 0 Å². The molecule has 0 aliphatic rings. The van der Waals surface area contributed by atoms with E-state index in [0.29, 0.717) is 5.15 Å². The lowest BCUT2D eigenvalue weighted by Crippen LogP contribution is -1.77. The van der Waals surface area contributed by atoms with Crippen LogP contribution < -0.4 is 0 Å². The van der Waals surface area contributed by atoms with Crippen LogP contribution in [0.4, 0.5) is 0 Å². The number of hydrogen-bond acceptors (Lipinski definition) is 2. The van der Waals surface area contributed by atoms with Crippen LogP contribution in [0.2, 0.25) is 10.4 Å². The van der Waals surface area contributed by atoms with Crippen LogP contribution in [0.25, 0.3) is 0 Å². The molecule has 2 rings (SSSR count). The van der Waals surface area contributed by atoms with Crippen molar-refractivity contribution in [2.24, 2.45) is 0 Å². The van der Waals surface area contributed by atoms with Crippen molar-refractivity contribution in [3.63, 3.8) is 0 Å². The molecule has 0 spiro atoms. The molecule has 0 amide bonds. The van der Waals surface area contributed by atoms with Gasteiger partial charge < -0.3 is 0 Å². The Bertz CT molecular complexity index is 387. The molecule has 2 aromatic rings. The molecule has 0 aliphatic heterocycles. The Kier molecular flexibility index (Phi) is 5.08. The molecular weight excluding hydrogens is 231 g/mol. The van der Waals surface area contributed by atoms with Crippen molar-refractivity contribution in [3.05, 3.63) is 58.6 Å². The molecule has 0 atom stereocenters. The van der Waals surface area contributed by atoms with Gasteiger partial charge in [-0.1, -0.05) is 47.5 Å². The fourth-order valence-corrected chi connectivity index (χ4v) is 1.18. The Morgan fingerprint density at radius 2 is 1.67 bits per heavy atom. The van der Waals surface area contributed by atoms with Gasteiger partial charge >= 0.3 is 0 Å². The molecule has 15 heavy (non-hydrogen) atoms. The molecule has 0 unspecified atom stereocenters. The van der Waals surface area contributed by atoms with E-state index >= 15 is 0 Å². The van der Waals surface area contributed by atoms with E-state index in [0.717, 1.165) is 0 Å². The number of aryl methyl sites for hydroxylation is 1. The van der Waals surface area contributed by atoms with Gasteiger partial charge in [-0.3, -0.25) is 0 Å². The molecule has 1 aromatic heterocycles. The molecular formula is C11H10Cl2N2. The van der Waals surface area contributed by atoms with Gasteiger partial charge in [0, 0.05) is 6.20 Å². The highest BCUT2D eigenvalue weighted by atomic mass is 35.5. The van der Waals surface area contributed by atoms with E-state index in [-0.39, 0.29) is 5.28 Å². The van der Waals surface area contributed by atoms with Crippen LogP contribution in [-0.2, 0) is 0 Å². The maximum absolute atomic E-state index is 5.41. The van der Waals surface area contributed by atoms with Crippen molar-refractivity contribution >= 4 is 23.2 Å². The topological polar surface area (TPSA) is 25.8 Å². The summed E-state index contributed by atoms with van der Waals surface area (Å²) in [6.07, 6.45) is 1.50. The highest BCUT2D eigenvalue weighted by Gasteiger charge is 1.88. The van der Waals surface area contributed by atoms with Gasteiger partial charge in [-0.05, 0) is 24.6 Å². The molecule has 4 heteroatoms. The standard InChI is InChI=1S/C7H8.C4H2Cl2N2/c1-7-5-3-2-4-6-7;5-3-1-2-7-4(6)8-3/h2-6H,1H3;1-2H. The van der Waals surface area contributed by atoms with E-state index in [1.165, 1.54) is 11.8 Å². The molecule has 0 N–H and O–H groups in total. The fraction of sp³-hybridized carbons (Fsp3) is 0.0909. The van der Waals surface area contributed by atoms with Crippen molar-refractivity contribution in [1.82, 2.24) is 9.97 Å². The zero-order valence-corrected chi connectivity index (χ0v) is 9.70. The van der Waals surface area contributed by atoms with Crippen LogP contribution in [-0.4, -0.2) is 9.97 Å². The van der Waals surface area contributed by atoms with E-state index < -0.39 is 0 Å². The summed E-state index contributed by atoms with van der Waals surface area (Å²) in [6, 6.07) is 11.8. The predicted molar refractivity (Wildman–Crippen MR) is 63.2 cm³/mol. The van der Waals surface area contributed by atoms with Gasteiger partial charge in [0.2, 0.25) is 5.28 Å². The van der Waals surface area contributed by atoms with Crippen molar-refractivity contribution in [3.8, 4) is 0 Å². The van der Waals surface area contributed by atoms with Gasteiger partial charge in [-0.25, -0.2) is 9.97 Å². The SMILES string of the molecule is Cc1ccccc1.Clc1ccnc(Cl)n1. The zero-order valence-electron chi connectivity index (χ0n) is 8.19. The minimum atomic E-state index is 0.178. The first-order valence-corrected chi connectivity index (χ1v) is 5.10. The lowest BCUT2D eigenvalue weighted by molar-refractivity contribution is 1.17. The van der Waals surface area contributed by atoms with Gasteiger partial charge in [-0.15, -0.1) is 0 Å². The summed E-state index contributed by atoms with van der Waals surface area (Å²) in [5, 5.41) is 0.544. The summed E-state index contributed by atoms with van der Waals surface area (Å²) >= 11 is 10.7. The molecule has 0 aliphatic carbocycles. The van der Waals surface area contributed by atoms with Gasteiger partial charge in [-0.2, -0.15) is 0 Å². The highest BCUT2D eigenvalue weighted by molar-refractivity contribution is 6.31. The van der Waals surface area contributed by atoms with E-state index in [4.69, 9.17) is 23.2 Å². The Balaban J connectivity index is 0.000000151. The third kappa shape index (κ3) is 5.35. The molecule has 0 saturated carbocycles. The monoisotopic (exact) mass is 240 g/mol. The zero-order chi connectivity index (χ0) is 11.1. The lowest BCUT2D eigenvalue weighted by atomic mass is 10.2. The quantitative estimate of drug-likeness (QED) is 0.518. The maximum atomic E-state index is 5.41. The van der Waals surface area contributed by atoms with Crippen molar-refractivity contribution < 1.29 is 0 Å². The third-order valence-corrected chi connectivity index (χ3v) is 1.93.